The first-order chi connectivity index (χ1) is 8.57. The summed E-state index contributed by atoms with van der Waals surface area (Å²) in [5.74, 6) is 4.37. The van der Waals surface area contributed by atoms with E-state index in [1.807, 2.05) is 30.0 Å². The molecule has 94 valence electrons. The maximum atomic E-state index is 6.44. The molecule has 0 saturated heterocycles. The van der Waals surface area contributed by atoms with Crippen LogP contribution in [0.25, 0.3) is 0 Å². The quantitative estimate of drug-likeness (QED) is 0.558. The number of hydrogen-bond acceptors (Lipinski definition) is 1. The van der Waals surface area contributed by atoms with Gasteiger partial charge in [0, 0.05) is 0 Å². The standard InChI is InChI=1S/C15H16AsClS/c1-15(2)12-13(9-11-18-15)8-10-16(17)14-6-4-3-5-7-14/h3-7,9H,11-12H2,1-2H3. The van der Waals surface area contributed by atoms with E-state index in [1.54, 1.807) is 0 Å². The Balaban J connectivity index is 2.07. The van der Waals surface area contributed by atoms with Crippen molar-refractivity contribution < 1.29 is 0 Å². The summed E-state index contributed by atoms with van der Waals surface area (Å²) in [4.78, 5) is 0. The second-order valence-electron chi connectivity index (χ2n) is 4.83. The van der Waals surface area contributed by atoms with Crippen molar-refractivity contribution in [2.75, 3.05) is 5.75 Å². The van der Waals surface area contributed by atoms with Crippen molar-refractivity contribution in [3.05, 3.63) is 42.0 Å². The molecule has 2 rings (SSSR count). The number of halogens is 1. The normalized spacial score (nSPS) is 19.4. The van der Waals surface area contributed by atoms with Crippen LogP contribution in [0.5, 0.6) is 0 Å². The Morgan fingerprint density at radius 3 is 2.67 bits per heavy atom. The van der Waals surface area contributed by atoms with Crippen molar-refractivity contribution in [1.82, 2.24) is 0 Å². The van der Waals surface area contributed by atoms with Crippen molar-refractivity contribution >= 4 is 39.8 Å². The monoisotopic (exact) mass is 338 g/mol. The van der Waals surface area contributed by atoms with Gasteiger partial charge in [0.15, 0.2) is 0 Å². The molecule has 1 aromatic rings. The first-order valence-corrected chi connectivity index (χ1v) is 11.3. The third-order valence-electron chi connectivity index (χ3n) is 2.72. The van der Waals surface area contributed by atoms with Gasteiger partial charge in [0.1, 0.15) is 0 Å². The Kier molecular flexibility index (Phi) is 4.90. The van der Waals surface area contributed by atoms with Crippen LogP contribution >= 0.6 is 21.7 Å². The average molecular weight is 339 g/mol. The van der Waals surface area contributed by atoms with Crippen molar-refractivity contribution in [1.29, 1.82) is 0 Å². The van der Waals surface area contributed by atoms with Gasteiger partial charge in [0.05, 0.1) is 0 Å². The average Bonchev–Trinajstić information content (AvgIpc) is 2.36. The van der Waals surface area contributed by atoms with E-state index in [2.05, 4.69) is 42.7 Å². The molecule has 0 amide bonds. The molecule has 0 fully saturated rings. The number of hydrogen-bond donors (Lipinski definition) is 0. The first-order valence-electron chi connectivity index (χ1n) is 5.92. The second-order valence-corrected chi connectivity index (χ2v) is 11.0. The summed E-state index contributed by atoms with van der Waals surface area (Å²) in [5, 5.41) is 0. The van der Waals surface area contributed by atoms with Gasteiger partial charge < -0.3 is 0 Å². The van der Waals surface area contributed by atoms with Crippen molar-refractivity contribution in [3.8, 4) is 10.6 Å². The van der Waals surface area contributed by atoms with Crippen LogP contribution in [0.2, 0.25) is 0 Å². The molecule has 1 aliphatic rings. The molecule has 0 bridgehead atoms. The van der Waals surface area contributed by atoms with Crippen LogP contribution in [0.1, 0.15) is 20.3 Å². The van der Waals surface area contributed by atoms with E-state index in [1.165, 1.54) is 9.92 Å². The fraction of sp³-hybridized carbons (Fsp3) is 0.333. The van der Waals surface area contributed by atoms with E-state index in [0.29, 0.717) is 4.75 Å². The van der Waals surface area contributed by atoms with Crippen molar-refractivity contribution in [3.63, 3.8) is 0 Å². The topological polar surface area (TPSA) is 0 Å². The van der Waals surface area contributed by atoms with Gasteiger partial charge in [0.2, 0.25) is 0 Å². The molecular formula is C15H16AsClS. The number of allylic oxidation sites excluding steroid dienone is 1. The predicted molar refractivity (Wildman–Crippen MR) is 84.7 cm³/mol. The Hall–Kier alpha value is -0.282. The van der Waals surface area contributed by atoms with E-state index in [0.717, 1.165) is 12.2 Å². The molecule has 0 radical (unpaired) electrons. The molecule has 0 N–H and O–H groups in total. The molecule has 3 heteroatoms. The van der Waals surface area contributed by atoms with Crippen LogP contribution < -0.4 is 4.35 Å². The molecular weight excluding hydrogens is 323 g/mol. The summed E-state index contributed by atoms with van der Waals surface area (Å²) in [5.41, 5.74) is 1.26. The summed E-state index contributed by atoms with van der Waals surface area (Å²) >= 11 is 0.309. The maximum absolute atomic E-state index is 6.44. The molecule has 0 nitrogen and oxygen atoms in total. The summed E-state index contributed by atoms with van der Waals surface area (Å²) in [6, 6.07) is 10.2. The summed E-state index contributed by atoms with van der Waals surface area (Å²) in [6.45, 7) is 4.56. The molecule has 0 spiro atoms. The molecule has 0 aromatic heterocycles. The zero-order valence-corrected chi connectivity index (χ0v) is 14.1. The van der Waals surface area contributed by atoms with E-state index in [4.69, 9.17) is 9.95 Å². The van der Waals surface area contributed by atoms with Crippen LogP contribution in [0, 0.1) is 10.6 Å². The zero-order chi connectivity index (χ0) is 13.0. The fourth-order valence-electron chi connectivity index (χ4n) is 1.79. The molecule has 18 heavy (non-hydrogen) atoms. The van der Waals surface area contributed by atoms with Crippen LogP contribution in [-0.2, 0) is 0 Å². The van der Waals surface area contributed by atoms with Crippen LogP contribution in [-0.4, -0.2) is 24.2 Å². The summed E-state index contributed by atoms with van der Waals surface area (Å²) in [6.07, 6.45) is 3.30. The molecule has 1 unspecified atom stereocenters. The van der Waals surface area contributed by atoms with E-state index >= 15 is 0 Å². The molecule has 0 aliphatic carbocycles. The van der Waals surface area contributed by atoms with Crippen LogP contribution in [0.3, 0.4) is 0 Å². The Morgan fingerprint density at radius 1 is 1.28 bits per heavy atom. The Morgan fingerprint density at radius 2 is 2.00 bits per heavy atom. The molecule has 0 saturated carbocycles. The SMILES string of the molecule is CC1(C)CC(C#C[As](Cl)c2ccccc2)=CCS1. The predicted octanol–water partition coefficient (Wildman–Crippen LogP) is 3.51. The molecule has 1 atom stereocenters. The van der Waals surface area contributed by atoms with E-state index < -0.39 is 13.7 Å². The van der Waals surface area contributed by atoms with E-state index in [9.17, 15) is 0 Å². The number of thioether (sulfide) groups is 1. The molecule has 1 aromatic carbocycles. The van der Waals surface area contributed by atoms with Gasteiger partial charge in [0.25, 0.3) is 0 Å². The van der Waals surface area contributed by atoms with Crippen LogP contribution in [0.4, 0.5) is 0 Å². The minimum absolute atomic E-state index is 0.315. The zero-order valence-electron chi connectivity index (χ0n) is 10.6. The fourth-order valence-corrected chi connectivity index (χ4v) is 5.28. The second kappa shape index (κ2) is 6.24. The van der Waals surface area contributed by atoms with E-state index in [-0.39, 0.29) is 0 Å². The van der Waals surface area contributed by atoms with Gasteiger partial charge >= 0.3 is 123 Å². The van der Waals surface area contributed by atoms with Gasteiger partial charge in [-0.05, 0) is 0 Å². The Labute approximate surface area is 123 Å². The molecule has 1 heterocycles. The van der Waals surface area contributed by atoms with Crippen LogP contribution in [0.15, 0.2) is 42.0 Å². The van der Waals surface area contributed by atoms with Gasteiger partial charge in [-0.2, -0.15) is 0 Å². The minimum atomic E-state index is -1.68. The third-order valence-corrected chi connectivity index (χ3v) is 7.65. The summed E-state index contributed by atoms with van der Waals surface area (Å²) in [7, 11) is 6.44. The van der Waals surface area contributed by atoms with Crippen molar-refractivity contribution in [2.45, 2.75) is 25.0 Å². The van der Waals surface area contributed by atoms with Gasteiger partial charge in [-0.15, -0.1) is 0 Å². The van der Waals surface area contributed by atoms with Gasteiger partial charge in [-0.25, -0.2) is 0 Å². The third kappa shape index (κ3) is 4.13. The molecule has 1 aliphatic heterocycles. The Bertz CT molecular complexity index is 496. The summed E-state index contributed by atoms with van der Waals surface area (Å²) < 4.78 is 4.82. The first kappa shape index (κ1) is 14.1. The van der Waals surface area contributed by atoms with Gasteiger partial charge in [-0.3, -0.25) is 0 Å². The van der Waals surface area contributed by atoms with Crippen molar-refractivity contribution in [2.24, 2.45) is 0 Å². The number of rotatable bonds is 1. The van der Waals surface area contributed by atoms with Gasteiger partial charge in [-0.1, -0.05) is 0 Å². The number of benzene rings is 1.